The SMILES string of the molecule is O=S(=O)(c1ccc(Br)s1)N1CCN(Cc2ccco2)CC1. The average molecular weight is 391 g/mol. The Hall–Kier alpha value is -0.670. The molecule has 0 atom stereocenters. The smallest absolute Gasteiger partial charge is 0.252 e. The number of rotatable bonds is 4. The van der Waals surface area contributed by atoms with Crippen LogP contribution in [0.1, 0.15) is 5.76 Å². The monoisotopic (exact) mass is 390 g/mol. The number of sulfonamides is 1. The number of hydrogen-bond acceptors (Lipinski definition) is 5. The maximum Gasteiger partial charge on any atom is 0.252 e. The van der Waals surface area contributed by atoms with Crippen LogP contribution in [0.5, 0.6) is 0 Å². The minimum atomic E-state index is -3.35. The molecule has 0 bridgehead atoms. The molecule has 5 nitrogen and oxygen atoms in total. The first kappa shape index (κ1) is 15.2. The van der Waals surface area contributed by atoms with Crippen LogP contribution in [0.3, 0.4) is 0 Å². The molecule has 3 heterocycles. The molecule has 8 heteroatoms. The van der Waals surface area contributed by atoms with Gasteiger partial charge in [0.05, 0.1) is 16.6 Å². The summed E-state index contributed by atoms with van der Waals surface area (Å²) >= 11 is 4.56. The van der Waals surface area contributed by atoms with Gasteiger partial charge in [-0.1, -0.05) is 0 Å². The van der Waals surface area contributed by atoms with Crippen molar-refractivity contribution in [2.45, 2.75) is 10.8 Å². The van der Waals surface area contributed by atoms with Crippen LogP contribution in [0.4, 0.5) is 0 Å². The first-order valence-electron chi connectivity index (χ1n) is 6.56. The van der Waals surface area contributed by atoms with Crippen LogP contribution in [0.15, 0.2) is 42.9 Å². The fraction of sp³-hybridized carbons (Fsp3) is 0.385. The molecule has 0 unspecified atom stereocenters. The molecule has 21 heavy (non-hydrogen) atoms. The van der Waals surface area contributed by atoms with E-state index in [-0.39, 0.29) is 0 Å². The second-order valence-corrected chi connectivity index (χ2v) is 9.45. The third kappa shape index (κ3) is 3.40. The molecule has 0 radical (unpaired) electrons. The Morgan fingerprint density at radius 3 is 2.52 bits per heavy atom. The van der Waals surface area contributed by atoms with E-state index in [0.29, 0.717) is 30.4 Å². The number of thiophene rings is 1. The molecule has 2 aromatic rings. The number of piperazine rings is 1. The molecule has 1 aliphatic rings. The van der Waals surface area contributed by atoms with E-state index in [9.17, 15) is 8.42 Å². The van der Waals surface area contributed by atoms with Crippen LogP contribution >= 0.6 is 27.3 Å². The van der Waals surface area contributed by atoms with E-state index in [1.807, 2.05) is 12.1 Å². The molecular weight excluding hydrogens is 376 g/mol. The van der Waals surface area contributed by atoms with Gasteiger partial charge in [-0.25, -0.2) is 8.42 Å². The highest BCUT2D eigenvalue weighted by Crippen LogP contribution is 2.29. The van der Waals surface area contributed by atoms with Crippen molar-refractivity contribution in [3.63, 3.8) is 0 Å². The molecule has 2 aromatic heterocycles. The fourth-order valence-corrected chi connectivity index (χ4v) is 5.90. The minimum Gasteiger partial charge on any atom is -0.468 e. The van der Waals surface area contributed by atoms with E-state index in [1.54, 1.807) is 22.7 Å². The highest BCUT2D eigenvalue weighted by Gasteiger charge is 2.29. The van der Waals surface area contributed by atoms with Gasteiger partial charge in [-0.2, -0.15) is 4.31 Å². The van der Waals surface area contributed by atoms with Gasteiger partial charge in [0.2, 0.25) is 0 Å². The van der Waals surface area contributed by atoms with Crippen molar-refractivity contribution in [1.82, 2.24) is 9.21 Å². The van der Waals surface area contributed by atoms with Crippen molar-refractivity contribution in [3.05, 3.63) is 40.1 Å². The summed E-state index contributed by atoms with van der Waals surface area (Å²) in [5, 5.41) is 0. The van der Waals surface area contributed by atoms with Crippen molar-refractivity contribution in [3.8, 4) is 0 Å². The van der Waals surface area contributed by atoms with Gasteiger partial charge in [0.15, 0.2) is 0 Å². The lowest BCUT2D eigenvalue weighted by atomic mass is 10.3. The summed E-state index contributed by atoms with van der Waals surface area (Å²) in [6.45, 7) is 3.18. The standard InChI is InChI=1S/C13H15BrN2O3S2/c14-12-3-4-13(20-12)21(17,18)16-7-5-15(6-8-16)10-11-2-1-9-19-11/h1-4,9H,5-8,10H2. The van der Waals surface area contributed by atoms with Crippen LogP contribution in [0.25, 0.3) is 0 Å². The van der Waals surface area contributed by atoms with Crippen LogP contribution in [0.2, 0.25) is 0 Å². The quantitative estimate of drug-likeness (QED) is 0.804. The molecule has 0 N–H and O–H groups in total. The Kier molecular flexibility index (Phi) is 4.51. The first-order valence-corrected chi connectivity index (χ1v) is 9.61. The first-order chi connectivity index (χ1) is 10.1. The number of hydrogen-bond donors (Lipinski definition) is 0. The highest BCUT2D eigenvalue weighted by molar-refractivity contribution is 9.11. The normalized spacial score (nSPS) is 18.1. The van der Waals surface area contributed by atoms with E-state index in [2.05, 4.69) is 20.8 Å². The van der Waals surface area contributed by atoms with Gasteiger partial charge in [0, 0.05) is 26.2 Å². The van der Waals surface area contributed by atoms with E-state index < -0.39 is 10.0 Å². The zero-order valence-corrected chi connectivity index (χ0v) is 14.5. The summed E-state index contributed by atoms with van der Waals surface area (Å²) < 4.78 is 33.1. The molecule has 0 spiro atoms. The molecular formula is C13H15BrN2O3S2. The largest absolute Gasteiger partial charge is 0.468 e. The molecule has 3 rings (SSSR count). The van der Waals surface area contributed by atoms with Gasteiger partial charge in [0.1, 0.15) is 9.97 Å². The summed E-state index contributed by atoms with van der Waals surface area (Å²) in [6, 6.07) is 7.22. The average Bonchev–Trinajstić information content (AvgIpc) is 3.11. The molecule has 1 aliphatic heterocycles. The Morgan fingerprint density at radius 2 is 1.95 bits per heavy atom. The second kappa shape index (κ2) is 6.21. The fourth-order valence-electron chi connectivity index (χ4n) is 2.31. The molecule has 0 aliphatic carbocycles. The summed E-state index contributed by atoms with van der Waals surface area (Å²) in [6.07, 6.45) is 1.66. The zero-order chi connectivity index (χ0) is 14.9. The van der Waals surface area contributed by atoms with Crippen molar-refractivity contribution in [1.29, 1.82) is 0 Å². The van der Waals surface area contributed by atoms with Gasteiger partial charge >= 0.3 is 0 Å². The molecule has 114 valence electrons. The van der Waals surface area contributed by atoms with Crippen LogP contribution in [-0.4, -0.2) is 43.8 Å². The number of halogens is 1. The van der Waals surface area contributed by atoms with Crippen LogP contribution in [0, 0.1) is 0 Å². The Bertz CT molecular complexity index is 689. The van der Waals surface area contributed by atoms with Gasteiger partial charge in [-0.05, 0) is 40.2 Å². The van der Waals surface area contributed by atoms with E-state index in [0.717, 1.165) is 16.1 Å². The lowest BCUT2D eigenvalue weighted by molar-refractivity contribution is 0.171. The number of furan rings is 1. The molecule has 0 aromatic carbocycles. The maximum absolute atomic E-state index is 12.5. The van der Waals surface area contributed by atoms with E-state index >= 15 is 0 Å². The predicted molar refractivity (Wildman–Crippen MR) is 84.8 cm³/mol. The molecule has 0 amide bonds. The Labute approximate surface area is 136 Å². The van der Waals surface area contributed by atoms with Gasteiger partial charge < -0.3 is 4.42 Å². The lowest BCUT2D eigenvalue weighted by Gasteiger charge is -2.33. The predicted octanol–water partition coefficient (Wildman–Crippen LogP) is 2.61. The third-order valence-corrected chi connectivity index (χ3v) is 7.42. The van der Waals surface area contributed by atoms with Gasteiger partial charge in [-0.15, -0.1) is 11.3 Å². The van der Waals surface area contributed by atoms with E-state index in [1.165, 1.54) is 11.3 Å². The van der Waals surface area contributed by atoms with Crippen molar-refractivity contribution in [2.24, 2.45) is 0 Å². The minimum absolute atomic E-state index is 0.397. The maximum atomic E-state index is 12.5. The van der Waals surface area contributed by atoms with Crippen LogP contribution in [-0.2, 0) is 16.6 Å². The van der Waals surface area contributed by atoms with E-state index in [4.69, 9.17) is 4.42 Å². The highest BCUT2D eigenvalue weighted by atomic mass is 79.9. The molecule has 1 saturated heterocycles. The topological polar surface area (TPSA) is 53.8 Å². The summed E-state index contributed by atoms with van der Waals surface area (Å²) in [4.78, 5) is 2.20. The van der Waals surface area contributed by atoms with Crippen molar-refractivity contribution >= 4 is 37.3 Å². The second-order valence-electron chi connectivity index (χ2n) is 4.82. The number of nitrogens with zero attached hydrogens (tertiary/aromatic N) is 2. The Morgan fingerprint density at radius 1 is 1.19 bits per heavy atom. The van der Waals surface area contributed by atoms with Crippen LogP contribution < -0.4 is 0 Å². The van der Waals surface area contributed by atoms with Gasteiger partial charge in [0.25, 0.3) is 10.0 Å². The van der Waals surface area contributed by atoms with Crippen molar-refractivity contribution < 1.29 is 12.8 Å². The summed E-state index contributed by atoms with van der Waals surface area (Å²) in [5.41, 5.74) is 0. The summed E-state index contributed by atoms with van der Waals surface area (Å²) in [5.74, 6) is 0.911. The lowest BCUT2D eigenvalue weighted by Crippen LogP contribution is -2.47. The summed E-state index contributed by atoms with van der Waals surface area (Å²) in [7, 11) is -3.35. The molecule has 0 saturated carbocycles. The zero-order valence-electron chi connectivity index (χ0n) is 11.2. The Balaban J connectivity index is 1.63. The van der Waals surface area contributed by atoms with Gasteiger partial charge in [-0.3, -0.25) is 4.90 Å². The third-order valence-electron chi connectivity index (χ3n) is 3.43. The molecule has 1 fully saturated rings. The van der Waals surface area contributed by atoms with Crippen molar-refractivity contribution in [2.75, 3.05) is 26.2 Å².